The third kappa shape index (κ3) is 50.3. The zero-order valence-corrected chi connectivity index (χ0v) is 43.0. The summed E-state index contributed by atoms with van der Waals surface area (Å²) in [5.74, 6) is -0.279. The molecule has 0 aromatic carbocycles. The molecule has 5 heteroatoms. The second-order valence-corrected chi connectivity index (χ2v) is 20.3. The molecule has 0 radical (unpaired) electrons. The molecule has 0 fully saturated rings. The Labute approximate surface area is 395 Å². The van der Waals surface area contributed by atoms with Crippen LogP contribution in [-0.2, 0) is 4.79 Å². The molecule has 5 nitrogen and oxygen atoms in total. The first-order chi connectivity index (χ1) is 31.0. The van der Waals surface area contributed by atoms with E-state index in [9.17, 15) is 20.1 Å². The summed E-state index contributed by atoms with van der Waals surface area (Å²) in [5, 5.41) is 33.5. The van der Waals surface area contributed by atoms with E-state index in [-0.39, 0.29) is 18.9 Å². The first-order valence-electron chi connectivity index (χ1n) is 29.0. The van der Waals surface area contributed by atoms with Crippen molar-refractivity contribution in [3.63, 3.8) is 0 Å². The van der Waals surface area contributed by atoms with E-state index in [1.807, 2.05) is 0 Å². The van der Waals surface area contributed by atoms with Crippen LogP contribution in [-0.4, -0.2) is 46.1 Å². The predicted molar refractivity (Wildman–Crippen MR) is 278 cm³/mol. The third-order valence-corrected chi connectivity index (χ3v) is 13.8. The lowest BCUT2D eigenvalue weighted by Crippen LogP contribution is -2.46. The number of rotatable bonds is 54. The topological polar surface area (TPSA) is 89.8 Å². The van der Waals surface area contributed by atoms with Gasteiger partial charge in [0.05, 0.1) is 31.3 Å². The van der Waals surface area contributed by atoms with E-state index in [1.165, 1.54) is 270 Å². The van der Waals surface area contributed by atoms with Gasteiger partial charge in [0.15, 0.2) is 0 Å². The van der Waals surface area contributed by atoms with Gasteiger partial charge in [-0.05, 0) is 38.5 Å². The number of aliphatic hydroxyl groups excluding tert-OH is 3. The van der Waals surface area contributed by atoms with Crippen molar-refractivity contribution >= 4 is 5.91 Å². The summed E-state index contributed by atoms with van der Waals surface area (Å²) in [6, 6.07) is -0.654. The molecule has 0 aromatic rings. The van der Waals surface area contributed by atoms with Crippen molar-refractivity contribution < 1.29 is 20.1 Å². The zero-order chi connectivity index (χ0) is 45.8. The van der Waals surface area contributed by atoms with Gasteiger partial charge in [-0.1, -0.05) is 296 Å². The smallest absolute Gasteiger partial charge is 0.222 e. The lowest BCUT2D eigenvalue weighted by atomic mass is 10.0. The molecular weight excluding hydrogens is 775 g/mol. The number of carbonyl (C=O) groups excluding carboxylic acids is 1. The molecule has 0 aliphatic rings. The Hall–Kier alpha value is -0.910. The standard InChI is InChI=1S/C58H115NO4/c1-3-5-7-9-11-13-15-16-17-18-19-20-21-22-23-24-25-26-27-28-29-30-31-32-33-34-35-36-37-38-39-40-42-43-45-47-49-51-55(61)53-58(63)59-56(54-60)57(62)52-50-48-46-44-41-14-12-10-8-6-4-2/h28-29,55-57,60-62H,3-27,30-54H2,1-2H3,(H,59,63)/b29-28-. The highest BCUT2D eigenvalue weighted by molar-refractivity contribution is 5.76. The van der Waals surface area contributed by atoms with Crippen molar-refractivity contribution in [1.29, 1.82) is 0 Å². The molecule has 3 unspecified atom stereocenters. The third-order valence-electron chi connectivity index (χ3n) is 13.8. The van der Waals surface area contributed by atoms with Crippen LogP contribution in [0.1, 0.15) is 328 Å². The van der Waals surface area contributed by atoms with E-state index in [0.717, 1.165) is 25.7 Å². The summed E-state index contributed by atoms with van der Waals surface area (Å²) in [7, 11) is 0. The molecule has 0 heterocycles. The summed E-state index contributed by atoms with van der Waals surface area (Å²) in [4.78, 5) is 12.5. The van der Waals surface area contributed by atoms with Crippen molar-refractivity contribution in [3.05, 3.63) is 12.2 Å². The van der Waals surface area contributed by atoms with Gasteiger partial charge in [-0.15, -0.1) is 0 Å². The van der Waals surface area contributed by atoms with E-state index in [4.69, 9.17) is 0 Å². The number of hydrogen-bond donors (Lipinski definition) is 4. The molecular formula is C58H115NO4. The van der Waals surface area contributed by atoms with Crippen LogP contribution in [0.4, 0.5) is 0 Å². The molecule has 0 aliphatic heterocycles. The lowest BCUT2D eigenvalue weighted by Gasteiger charge is -2.23. The van der Waals surface area contributed by atoms with Gasteiger partial charge in [-0.3, -0.25) is 4.79 Å². The first kappa shape index (κ1) is 62.1. The number of hydrogen-bond acceptors (Lipinski definition) is 4. The van der Waals surface area contributed by atoms with E-state index in [1.54, 1.807) is 0 Å². The van der Waals surface area contributed by atoms with Crippen molar-refractivity contribution in [3.8, 4) is 0 Å². The summed E-state index contributed by atoms with van der Waals surface area (Å²) >= 11 is 0. The lowest BCUT2D eigenvalue weighted by molar-refractivity contribution is -0.125. The van der Waals surface area contributed by atoms with E-state index < -0.39 is 18.2 Å². The van der Waals surface area contributed by atoms with Gasteiger partial charge in [-0.25, -0.2) is 0 Å². The van der Waals surface area contributed by atoms with Crippen LogP contribution in [0.15, 0.2) is 12.2 Å². The van der Waals surface area contributed by atoms with Crippen molar-refractivity contribution in [2.45, 2.75) is 347 Å². The number of carbonyl (C=O) groups is 1. The number of allylic oxidation sites excluding steroid dienone is 2. The van der Waals surface area contributed by atoms with E-state index >= 15 is 0 Å². The van der Waals surface area contributed by atoms with Crippen LogP contribution in [0.25, 0.3) is 0 Å². The summed E-state index contributed by atoms with van der Waals surface area (Å²) in [6.45, 7) is 4.28. The average molecular weight is 891 g/mol. The second-order valence-electron chi connectivity index (χ2n) is 20.3. The predicted octanol–water partition coefficient (Wildman–Crippen LogP) is 17.9. The maximum Gasteiger partial charge on any atom is 0.222 e. The zero-order valence-electron chi connectivity index (χ0n) is 43.0. The van der Waals surface area contributed by atoms with Crippen LogP contribution < -0.4 is 5.32 Å². The SMILES string of the molecule is CCCCCCCCCCCCCCCCCCCC/C=C\CCCCCCCCCCCCCCCCCC(O)CC(=O)NC(CO)C(O)CCCCCCCCCCCCC. The molecule has 0 spiro atoms. The molecule has 0 rings (SSSR count). The largest absolute Gasteiger partial charge is 0.394 e. The number of unbranched alkanes of at least 4 members (excludes halogenated alkanes) is 43. The van der Waals surface area contributed by atoms with E-state index in [2.05, 4.69) is 31.3 Å². The van der Waals surface area contributed by atoms with Gasteiger partial charge >= 0.3 is 0 Å². The maximum absolute atomic E-state index is 12.5. The Kier molecular flexibility index (Phi) is 52.9. The number of nitrogens with one attached hydrogen (secondary N) is 1. The molecule has 0 aromatic heterocycles. The van der Waals surface area contributed by atoms with Crippen LogP contribution in [0.5, 0.6) is 0 Å². The van der Waals surface area contributed by atoms with Gasteiger partial charge in [-0.2, -0.15) is 0 Å². The Morgan fingerprint density at radius 3 is 0.921 bits per heavy atom. The molecule has 376 valence electrons. The van der Waals surface area contributed by atoms with Crippen LogP contribution >= 0.6 is 0 Å². The summed E-state index contributed by atoms with van der Waals surface area (Å²) < 4.78 is 0. The summed E-state index contributed by atoms with van der Waals surface area (Å²) in [6.07, 6.45) is 66.9. The van der Waals surface area contributed by atoms with Gasteiger partial charge in [0, 0.05) is 0 Å². The Bertz CT molecular complexity index is 894. The van der Waals surface area contributed by atoms with Gasteiger partial charge in [0.2, 0.25) is 5.91 Å². The first-order valence-corrected chi connectivity index (χ1v) is 29.0. The fraction of sp³-hybridized carbons (Fsp3) is 0.948. The molecule has 1 amide bonds. The Balaban J connectivity index is 3.40. The highest BCUT2D eigenvalue weighted by atomic mass is 16.3. The molecule has 0 saturated heterocycles. The fourth-order valence-electron chi connectivity index (χ4n) is 9.40. The van der Waals surface area contributed by atoms with Gasteiger partial charge in [0.1, 0.15) is 0 Å². The molecule has 0 bridgehead atoms. The normalized spacial score (nSPS) is 13.3. The van der Waals surface area contributed by atoms with Gasteiger partial charge < -0.3 is 20.6 Å². The quantitative estimate of drug-likeness (QED) is 0.0362. The second kappa shape index (κ2) is 53.7. The van der Waals surface area contributed by atoms with Crippen molar-refractivity contribution in [2.75, 3.05) is 6.61 Å². The van der Waals surface area contributed by atoms with Crippen LogP contribution in [0, 0.1) is 0 Å². The van der Waals surface area contributed by atoms with Crippen molar-refractivity contribution in [2.24, 2.45) is 0 Å². The van der Waals surface area contributed by atoms with Crippen molar-refractivity contribution in [1.82, 2.24) is 5.32 Å². The Morgan fingerprint density at radius 2 is 0.635 bits per heavy atom. The molecule has 0 aliphatic carbocycles. The number of aliphatic hydroxyl groups is 3. The number of amides is 1. The van der Waals surface area contributed by atoms with Gasteiger partial charge in [0.25, 0.3) is 0 Å². The minimum atomic E-state index is -0.745. The maximum atomic E-state index is 12.5. The molecule has 63 heavy (non-hydrogen) atoms. The highest BCUT2D eigenvalue weighted by Crippen LogP contribution is 2.18. The highest BCUT2D eigenvalue weighted by Gasteiger charge is 2.21. The summed E-state index contributed by atoms with van der Waals surface area (Å²) in [5.41, 5.74) is 0. The fourth-order valence-corrected chi connectivity index (χ4v) is 9.40. The Morgan fingerprint density at radius 1 is 0.381 bits per heavy atom. The van der Waals surface area contributed by atoms with Crippen LogP contribution in [0.2, 0.25) is 0 Å². The minimum Gasteiger partial charge on any atom is -0.394 e. The molecule has 0 saturated carbocycles. The van der Waals surface area contributed by atoms with Crippen LogP contribution in [0.3, 0.4) is 0 Å². The average Bonchev–Trinajstić information content (AvgIpc) is 3.28. The van der Waals surface area contributed by atoms with E-state index in [0.29, 0.717) is 12.8 Å². The minimum absolute atomic E-state index is 0.0406. The monoisotopic (exact) mass is 890 g/mol. The molecule has 3 atom stereocenters. The molecule has 4 N–H and O–H groups in total.